The molecule has 0 aliphatic heterocycles. The third kappa shape index (κ3) is 5.18. The van der Waals surface area contributed by atoms with Crippen molar-refractivity contribution in [3.8, 4) is 21.7 Å². The summed E-state index contributed by atoms with van der Waals surface area (Å²) in [6.45, 7) is -0.457. The Bertz CT molecular complexity index is 847. The first-order valence-electron chi connectivity index (χ1n) is 8.92. The maximum atomic E-state index is 12.3. The topological polar surface area (TPSA) is 67.3 Å². The number of aliphatic hydroxyl groups is 1. The van der Waals surface area contributed by atoms with E-state index in [1.807, 2.05) is 60.7 Å². The molecule has 0 saturated heterocycles. The highest BCUT2D eigenvalue weighted by atomic mass is 32.1. The van der Waals surface area contributed by atoms with Crippen LogP contribution in [0.1, 0.15) is 24.3 Å². The Hall–Kier alpha value is -2.63. The lowest BCUT2D eigenvalue weighted by atomic mass is 10.1. The molecule has 1 N–H and O–H groups in total. The van der Waals surface area contributed by atoms with Gasteiger partial charge in [-0.2, -0.15) is 0 Å². The Balaban J connectivity index is 1.80. The van der Waals surface area contributed by atoms with Crippen molar-refractivity contribution in [2.45, 2.75) is 25.7 Å². The number of carbonyl (C=O) groups excluding carboxylic acids is 2. The Labute approximate surface area is 162 Å². The Kier molecular flexibility index (Phi) is 6.63. The lowest BCUT2D eigenvalue weighted by Gasteiger charge is -2.02. The number of ketones is 2. The van der Waals surface area contributed by atoms with Crippen molar-refractivity contribution in [2.24, 2.45) is 0 Å². The van der Waals surface area contributed by atoms with Gasteiger partial charge in [-0.3, -0.25) is 9.59 Å². The van der Waals surface area contributed by atoms with E-state index in [4.69, 9.17) is 10.1 Å². The Morgan fingerprint density at radius 3 is 2.07 bits per heavy atom. The molecule has 0 saturated carbocycles. The van der Waals surface area contributed by atoms with Crippen LogP contribution in [-0.4, -0.2) is 28.3 Å². The van der Waals surface area contributed by atoms with Gasteiger partial charge in [-0.1, -0.05) is 60.7 Å². The van der Waals surface area contributed by atoms with Crippen LogP contribution >= 0.6 is 11.3 Å². The van der Waals surface area contributed by atoms with Gasteiger partial charge < -0.3 is 5.11 Å². The molecule has 5 heteroatoms. The molecule has 27 heavy (non-hydrogen) atoms. The number of aromatic nitrogens is 1. The number of carbonyl (C=O) groups is 2. The van der Waals surface area contributed by atoms with Crippen LogP contribution < -0.4 is 0 Å². The van der Waals surface area contributed by atoms with Crippen molar-refractivity contribution in [2.75, 3.05) is 6.61 Å². The highest BCUT2D eigenvalue weighted by Crippen LogP contribution is 2.37. The van der Waals surface area contributed by atoms with E-state index in [2.05, 4.69) is 0 Å². The zero-order valence-electron chi connectivity index (χ0n) is 14.9. The van der Waals surface area contributed by atoms with E-state index in [-0.39, 0.29) is 24.4 Å². The molecule has 0 amide bonds. The molecular formula is C22H21NO3S. The van der Waals surface area contributed by atoms with Crippen LogP contribution in [0, 0.1) is 0 Å². The minimum absolute atomic E-state index is 0.0636. The van der Waals surface area contributed by atoms with Crippen LogP contribution in [0.4, 0.5) is 0 Å². The summed E-state index contributed by atoms with van der Waals surface area (Å²) in [5, 5.41) is 9.53. The third-order valence-corrected chi connectivity index (χ3v) is 5.30. The highest BCUT2D eigenvalue weighted by Gasteiger charge is 2.16. The molecule has 4 nitrogen and oxygen atoms in total. The summed E-state index contributed by atoms with van der Waals surface area (Å²) < 4.78 is 0. The first-order chi connectivity index (χ1) is 13.2. The SMILES string of the molecule is O=C(CO)CCCC(=O)Cc1nc(-c2ccccc2)c(-c2ccccc2)s1. The second kappa shape index (κ2) is 9.35. The number of aliphatic hydroxyl groups excluding tert-OH is 1. The van der Waals surface area contributed by atoms with Gasteiger partial charge in [-0.15, -0.1) is 11.3 Å². The number of hydrogen-bond acceptors (Lipinski definition) is 5. The number of nitrogens with zero attached hydrogens (tertiary/aromatic N) is 1. The van der Waals surface area contributed by atoms with E-state index < -0.39 is 6.61 Å². The van der Waals surface area contributed by atoms with Crippen LogP contribution in [0.15, 0.2) is 60.7 Å². The fourth-order valence-electron chi connectivity index (χ4n) is 2.84. The predicted molar refractivity (Wildman–Crippen MR) is 108 cm³/mol. The number of thiazole rings is 1. The summed E-state index contributed by atoms with van der Waals surface area (Å²) in [5.74, 6) is -0.163. The summed E-state index contributed by atoms with van der Waals surface area (Å²) in [7, 11) is 0. The van der Waals surface area contributed by atoms with Crippen molar-refractivity contribution in [3.63, 3.8) is 0 Å². The van der Waals surface area contributed by atoms with Gasteiger partial charge in [0, 0.05) is 18.4 Å². The van der Waals surface area contributed by atoms with Gasteiger partial charge in [0.2, 0.25) is 0 Å². The average molecular weight is 379 g/mol. The second-order valence-electron chi connectivity index (χ2n) is 6.28. The smallest absolute Gasteiger partial charge is 0.158 e. The normalized spacial score (nSPS) is 10.7. The zero-order valence-corrected chi connectivity index (χ0v) is 15.7. The number of Topliss-reactive ketones (excluding diaryl/α,β-unsaturated/α-hetero) is 2. The van der Waals surface area contributed by atoms with Gasteiger partial charge in [-0.05, 0) is 12.0 Å². The molecule has 3 aromatic rings. The molecule has 0 aliphatic rings. The molecule has 0 spiro atoms. The van der Waals surface area contributed by atoms with Crippen LogP contribution in [0.2, 0.25) is 0 Å². The van der Waals surface area contributed by atoms with E-state index in [0.717, 1.165) is 26.7 Å². The van der Waals surface area contributed by atoms with Crippen molar-refractivity contribution in [1.29, 1.82) is 0 Å². The van der Waals surface area contributed by atoms with Crippen LogP contribution in [0.5, 0.6) is 0 Å². The largest absolute Gasteiger partial charge is 0.389 e. The zero-order chi connectivity index (χ0) is 19.1. The van der Waals surface area contributed by atoms with Crippen LogP contribution in [0.3, 0.4) is 0 Å². The first kappa shape index (κ1) is 19.1. The summed E-state index contributed by atoms with van der Waals surface area (Å²) in [6, 6.07) is 20.0. The van der Waals surface area contributed by atoms with E-state index in [9.17, 15) is 9.59 Å². The maximum Gasteiger partial charge on any atom is 0.158 e. The Morgan fingerprint density at radius 2 is 1.44 bits per heavy atom. The monoisotopic (exact) mass is 379 g/mol. The molecule has 1 heterocycles. The average Bonchev–Trinajstić information content (AvgIpc) is 3.13. The van der Waals surface area contributed by atoms with Gasteiger partial charge in [0.25, 0.3) is 0 Å². The minimum Gasteiger partial charge on any atom is -0.389 e. The lowest BCUT2D eigenvalue weighted by Crippen LogP contribution is -2.07. The maximum absolute atomic E-state index is 12.3. The van der Waals surface area contributed by atoms with E-state index in [1.165, 1.54) is 0 Å². The van der Waals surface area contributed by atoms with E-state index in [1.54, 1.807) is 11.3 Å². The fraction of sp³-hybridized carbons (Fsp3) is 0.227. The summed E-state index contributed by atoms with van der Waals surface area (Å²) in [6.07, 6.45) is 1.31. The minimum atomic E-state index is -0.457. The Morgan fingerprint density at radius 1 is 0.852 bits per heavy atom. The molecule has 3 rings (SSSR count). The number of rotatable bonds is 9. The molecule has 0 aliphatic carbocycles. The molecule has 2 aromatic carbocycles. The number of benzene rings is 2. The van der Waals surface area contributed by atoms with Crippen LogP contribution in [0.25, 0.3) is 21.7 Å². The van der Waals surface area contributed by atoms with Crippen molar-refractivity contribution in [1.82, 2.24) is 4.98 Å². The van der Waals surface area contributed by atoms with Crippen molar-refractivity contribution >= 4 is 22.9 Å². The molecule has 0 unspecified atom stereocenters. The second-order valence-corrected chi connectivity index (χ2v) is 7.37. The van der Waals surface area contributed by atoms with E-state index in [0.29, 0.717) is 12.8 Å². The molecule has 1 aromatic heterocycles. The van der Waals surface area contributed by atoms with Gasteiger partial charge in [0.05, 0.1) is 17.0 Å². The highest BCUT2D eigenvalue weighted by molar-refractivity contribution is 7.15. The van der Waals surface area contributed by atoms with Gasteiger partial charge >= 0.3 is 0 Å². The van der Waals surface area contributed by atoms with Gasteiger partial charge in [0.1, 0.15) is 17.4 Å². The quantitative estimate of drug-likeness (QED) is 0.601. The first-order valence-corrected chi connectivity index (χ1v) is 9.74. The van der Waals surface area contributed by atoms with Gasteiger partial charge in [0.15, 0.2) is 5.78 Å². The molecular weight excluding hydrogens is 358 g/mol. The molecule has 0 fully saturated rings. The van der Waals surface area contributed by atoms with E-state index >= 15 is 0 Å². The summed E-state index contributed by atoms with van der Waals surface area (Å²) >= 11 is 1.54. The molecule has 0 radical (unpaired) electrons. The predicted octanol–water partition coefficient (Wildman–Crippen LogP) is 4.32. The van der Waals surface area contributed by atoms with Crippen molar-refractivity contribution < 1.29 is 14.7 Å². The van der Waals surface area contributed by atoms with Crippen LogP contribution in [-0.2, 0) is 16.0 Å². The summed E-state index contributed by atoms with van der Waals surface area (Å²) in [5.41, 5.74) is 3.01. The number of hydrogen-bond donors (Lipinski definition) is 1. The standard InChI is InChI=1S/C22H21NO3S/c24-15-19(26)13-7-12-18(25)14-20-23-21(16-8-3-1-4-9-16)22(27-20)17-10-5-2-6-11-17/h1-6,8-11,24H,7,12-15H2. The third-order valence-electron chi connectivity index (χ3n) is 4.19. The molecule has 138 valence electrons. The van der Waals surface area contributed by atoms with Crippen molar-refractivity contribution in [3.05, 3.63) is 65.7 Å². The lowest BCUT2D eigenvalue weighted by molar-refractivity contribution is -0.122. The molecule has 0 atom stereocenters. The van der Waals surface area contributed by atoms with Gasteiger partial charge in [-0.25, -0.2) is 4.98 Å². The molecule has 0 bridgehead atoms. The summed E-state index contributed by atoms with van der Waals surface area (Å²) in [4.78, 5) is 29.2. The fourth-order valence-corrected chi connectivity index (χ4v) is 3.96.